The van der Waals surface area contributed by atoms with Crippen LogP contribution in [0.1, 0.15) is 18.4 Å². The lowest BCUT2D eigenvalue weighted by molar-refractivity contribution is -0.144. The first-order valence-electron chi connectivity index (χ1n) is 5.95. The van der Waals surface area contributed by atoms with Crippen LogP contribution in [0.2, 0.25) is 0 Å². The highest BCUT2D eigenvalue weighted by atomic mass is 16.5. The zero-order valence-electron chi connectivity index (χ0n) is 10.5. The summed E-state index contributed by atoms with van der Waals surface area (Å²) in [6.07, 6.45) is 0.409. The number of carbonyl (C=O) groups excluding carboxylic acids is 1. The Bertz CT molecular complexity index is 601. The summed E-state index contributed by atoms with van der Waals surface area (Å²) in [5, 5.41) is 3.96. The molecule has 0 aliphatic heterocycles. The van der Waals surface area contributed by atoms with E-state index in [1.54, 1.807) is 6.92 Å². The number of nitrogens with zero attached hydrogens (tertiary/aromatic N) is 2. The van der Waals surface area contributed by atoms with Gasteiger partial charge in [0.25, 0.3) is 0 Å². The number of aromatic nitrogens is 2. The quantitative estimate of drug-likeness (QED) is 0.751. The molecule has 0 saturated heterocycles. The molecule has 0 saturated carbocycles. The van der Waals surface area contributed by atoms with Crippen LogP contribution in [0.25, 0.3) is 0 Å². The van der Waals surface area contributed by atoms with Crippen LogP contribution < -0.4 is 5.76 Å². The molecule has 0 fully saturated rings. The van der Waals surface area contributed by atoms with E-state index in [0.29, 0.717) is 6.42 Å². The van der Waals surface area contributed by atoms with Crippen LogP contribution in [0.5, 0.6) is 0 Å². The number of benzene rings is 1. The van der Waals surface area contributed by atoms with E-state index in [9.17, 15) is 9.59 Å². The van der Waals surface area contributed by atoms with Gasteiger partial charge in [-0.05, 0) is 12.5 Å². The number of hydrogen-bond donors (Lipinski definition) is 0. The maximum Gasteiger partial charge on any atom is 0.437 e. The number of hydrogen-bond acceptors (Lipinski definition) is 5. The molecule has 0 unspecified atom stereocenters. The van der Waals surface area contributed by atoms with Crippen molar-refractivity contribution in [1.29, 1.82) is 0 Å². The minimum Gasteiger partial charge on any atom is -0.465 e. The highest BCUT2D eigenvalue weighted by Crippen LogP contribution is 2.05. The van der Waals surface area contributed by atoms with Crippen molar-refractivity contribution in [3.05, 3.63) is 52.3 Å². The molecule has 19 heavy (non-hydrogen) atoms. The Labute approximate surface area is 109 Å². The summed E-state index contributed by atoms with van der Waals surface area (Å²) in [6.45, 7) is 1.73. The molecule has 0 aliphatic rings. The standard InChI is InChI=1S/C13H14N2O4/c1-2-18-12(16)9-15-13(17)19-11(14-15)8-10-6-4-3-5-7-10/h3-7H,2,8-9H2,1H3. The molecule has 0 N–H and O–H groups in total. The topological polar surface area (TPSA) is 74.3 Å². The smallest absolute Gasteiger partial charge is 0.437 e. The fourth-order valence-electron chi connectivity index (χ4n) is 1.62. The fourth-order valence-corrected chi connectivity index (χ4v) is 1.62. The average Bonchev–Trinajstić information content (AvgIpc) is 2.71. The van der Waals surface area contributed by atoms with E-state index >= 15 is 0 Å². The van der Waals surface area contributed by atoms with Gasteiger partial charge in [-0.1, -0.05) is 30.3 Å². The first kappa shape index (κ1) is 13.1. The van der Waals surface area contributed by atoms with Crippen LogP contribution >= 0.6 is 0 Å². The molecule has 6 heteroatoms. The first-order chi connectivity index (χ1) is 9.19. The Morgan fingerprint density at radius 3 is 2.79 bits per heavy atom. The molecule has 2 aromatic rings. The lowest BCUT2D eigenvalue weighted by atomic mass is 10.2. The maximum absolute atomic E-state index is 11.5. The van der Waals surface area contributed by atoms with Gasteiger partial charge >= 0.3 is 11.7 Å². The van der Waals surface area contributed by atoms with Gasteiger partial charge < -0.3 is 9.15 Å². The van der Waals surface area contributed by atoms with Crippen LogP contribution in [0.4, 0.5) is 0 Å². The van der Waals surface area contributed by atoms with Crippen molar-refractivity contribution in [2.75, 3.05) is 6.61 Å². The number of ether oxygens (including phenoxy) is 1. The fraction of sp³-hybridized carbons (Fsp3) is 0.308. The average molecular weight is 262 g/mol. The molecule has 1 heterocycles. The van der Waals surface area contributed by atoms with Crippen LogP contribution in [0, 0.1) is 0 Å². The highest BCUT2D eigenvalue weighted by molar-refractivity contribution is 5.68. The van der Waals surface area contributed by atoms with Gasteiger partial charge in [0.15, 0.2) is 0 Å². The second-order valence-electron chi connectivity index (χ2n) is 3.89. The first-order valence-corrected chi connectivity index (χ1v) is 5.95. The molecule has 0 spiro atoms. The molecule has 0 bridgehead atoms. The van der Waals surface area contributed by atoms with Gasteiger partial charge in [-0.25, -0.2) is 4.79 Å². The summed E-state index contributed by atoms with van der Waals surface area (Å²) in [6, 6.07) is 9.50. The third kappa shape index (κ3) is 3.54. The molecule has 0 amide bonds. The van der Waals surface area contributed by atoms with Crippen molar-refractivity contribution in [3.8, 4) is 0 Å². The van der Waals surface area contributed by atoms with Gasteiger partial charge in [0.2, 0.25) is 5.89 Å². The Morgan fingerprint density at radius 1 is 1.37 bits per heavy atom. The summed E-state index contributed by atoms with van der Waals surface area (Å²) in [4.78, 5) is 22.8. The predicted octanol–water partition coefficient (Wildman–Crippen LogP) is 0.990. The second kappa shape index (κ2) is 5.99. The van der Waals surface area contributed by atoms with Crippen LogP contribution in [0.3, 0.4) is 0 Å². The van der Waals surface area contributed by atoms with Crippen LogP contribution in [-0.2, 0) is 22.5 Å². The number of carbonyl (C=O) groups is 1. The molecule has 2 rings (SSSR count). The number of esters is 1. The molecule has 1 aromatic heterocycles. The van der Waals surface area contributed by atoms with E-state index in [1.807, 2.05) is 30.3 Å². The van der Waals surface area contributed by atoms with Crippen molar-refractivity contribution in [3.63, 3.8) is 0 Å². The summed E-state index contributed by atoms with van der Waals surface area (Å²) in [5.41, 5.74) is 0.979. The molecule has 6 nitrogen and oxygen atoms in total. The molecule has 0 atom stereocenters. The zero-order valence-corrected chi connectivity index (χ0v) is 10.5. The van der Waals surface area contributed by atoms with E-state index in [2.05, 4.69) is 5.10 Å². The Balaban J connectivity index is 2.09. The lowest BCUT2D eigenvalue weighted by Gasteiger charge is -1.99. The summed E-state index contributed by atoms with van der Waals surface area (Å²) in [5.74, 6) is -0.886. The third-order valence-electron chi connectivity index (χ3n) is 2.43. The maximum atomic E-state index is 11.5. The number of rotatable bonds is 5. The van der Waals surface area contributed by atoms with Crippen molar-refractivity contribution in [2.45, 2.75) is 19.9 Å². The SMILES string of the molecule is CCOC(=O)Cn1nc(Cc2ccccc2)oc1=O. The normalized spacial score (nSPS) is 10.4. The largest absolute Gasteiger partial charge is 0.465 e. The third-order valence-corrected chi connectivity index (χ3v) is 2.43. The lowest BCUT2D eigenvalue weighted by Crippen LogP contribution is -2.22. The Morgan fingerprint density at radius 2 is 2.11 bits per heavy atom. The summed E-state index contributed by atoms with van der Waals surface area (Å²) >= 11 is 0. The monoisotopic (exact) mass is 262 g/mol. The van der Waals surface area contributed by atoms with Gasteiger partial charge in [-0.15, -0.1) is 5.10 Å². The molecular formula is C13H14N2O4. The molecule has 0 radical (unpaired) electrons. The minimum absolute atomic E-state index is 0.231. The van der Waals surface area contributed by atoms with E-state index < -0.39 is 11.7 Å². The molecular weight excluding hydrogens is 248 g/mol. The van der Waals surface area contributed by atoms with Crippen molar-refractivity contribution >= 4 is 5.97 Å². The van der Waals surface area contributed by atoms with E-state index in [1.165, 1.54) is 0 Å². The Hall–Kier alpha value is -2.37. The van der Waals surface area contributed by atoms with Gasteiger partial charge in [0.05, 0.1) is 13.0 Å². The van der Waals surface area contributed by atoms with Crippen molar-refractivity contribution in [1.82, 2.24) is 9.78 Å². The summed E-state index contributed by atoms with van der Waals surface area (Å²) < 4.78 is 10.7. The van der Waals surface area contributed by atoms with Gasteiger partial charge in [0.1, 0.15) is 6.54 Å². The molecule has 1 aromatic carbocycles. The van der Waals surface area contributed by atoms with E-state index in [4.69, 9.17) is 9.15 Å². The zero-order chi connectivity index (χ0) is 13.7. The molecule has 0 aliphatic carbocycles. The van der Waals surface area contributed by atoms with Crippen LogP contribution in [0.15, 0.2) is 39.5 Å². The van der Waals surface area contributed by atoms with Gasteiger partial charge in [-0.3, -0.25) is 4.79 Å². The summed E-state index contributed by atoms with van der Waals surface area (Å²) in [7, 11) is 0. The van der Waals surface area contributed by atoms with Crippen molar-refractivity contribution in [2.24, 2.45) is 0 Å². The van der Waals surface area contributed by atoms with Crippen molar-refractivity contribution < 1.29 is 13.9 Å². The Kier molecular flexibility index (Phi) is 4.12. The second-order valence-corrected chi connectivity index (χ2v) is 3.89. The van der Waals surface area contributed by atoms with E-state index in [0.717, 1.165) is 10.2 Å². The highest BCUT2D eigenvalue weighted by Gasteiger charge is 2.12. The van der Waals surface area contributed by atoms with E-state index in [-0.39, 0.29) is 19.0 Å². The van der Waals surface area contributed by atoms with Gasteiger partial charge in [0, 0.05) is 0 Å². The van der Waals surface area contributed by atoms with Crippen LogP contribution in [-0.4, -0.2) is 22.4 Å². The van der Waals surface area contributed by atoms with Gasteiger partial charge in [-0.2, -0.15) is 4.68 Å². The predicted molar refractivity (Wildman–Crippen MR) is 66.6 cm³/mol. The minimum atomic E-state index is -0.654. The molecule has 100 valence electrons.